The molecule has 1 N–H and O–H groups in total. The molecule has 112 valence electrons. The Morgan fingerprint density at radius 1 is 1.30 bits per heavy atom. The van der Waals surface area contributed by atoms with Gasteiger partial charge in [-0.25, -0.2) is 9.37 Å². The van der Waals surface area contributed by atoms with Crippen LogP contribution >= 0.6 is 0 Å². The van der Waals surface area contributed by atoms with E-state index < -0.39 is 0 Å². The average molecular weight is 280 g/mol. The number of anilines is 1. The molecule has 1 aromatic rings. The summed E-state index contributed by atoms with van der Waals surface area (Å²) in [6.07, 6.45) is 1.70. The fourth-order valence-electron chi connectivity index (χ4n) is 2.68. The van der Waals surface area contributed by atoms with Crippen molar-refractivity contribution in [3.8, 4) is 0 Å². The quantitative estimate of drug-likeness (QED) is 0.890. The molecule has 0 bridgehead atoms. The van der Waals surface area contributed by atoms with Crippen molar-refractivity contribution in [1.29, 1.82) is 0 Å². The van der Waals surface area contributed by atoms with Gasteiger partial charge in [0.25, 0.3) is 0 Å². The number of hydrogen-bond donors (Lipinski definition) is 1. The third-order valence-electron chi connectivity index (χ3n) is 3.61. The molecule has 1 aromatic heterocycles. The number of aromatic nitrogens is 1. The molecule has 1 saturated heterocycles. The maximum atomic E-state index is 14.4. The first-order valence-electron chi connectivity index (χ1n) is 7.37. The van der Waals surface area contributed by atoms with Gasteiger partial charge in [0.15, 0.2) is 11.6 Å². The number of halogens is 1. The summed E-state index contributed by atoms with van der Waals surface area (Å²) >= 11 is 0. The van der Waals surface area contributed by atoms with Crippen LogP contribution in [0.15, 0.2) is 12.3 Å². The second-order valence-electron chi connectivity index (χ2n) is 5.82. The molecule has 0 radical (unpaired) electrons. The lowest BCUT2D eigenvalue weighted by atomic mass is 10.2. The predicted octanol–water partition coefficient (Wildman–Crippen LogP) is 1.72. The van der Waals surface area contributed by atoms with Gasteiger partial charge in [-0.05, 0) is 19.0 Å². The molecule has 0 aromatic carbocycles. The molecule has 2 heterocycles. The summed E-state index contributed by atoms with van der Waals surface area (Å²) in [6, 6.07) is 1.74. The SMILES string of the molecule is CNCc1ccnc(N2CCN(CC(C)C)CC2)c1F. The van der Waals surface area contributed by atoms with Crippen LogP contribution in [0, 0.1) is 11.7 Å². The van der Waals surface area contributed by atoms with E-state index in [0.717, 1.165) is 32.7 Å². The minimum atomic E-state index is -0.181. The summed E-state index contributed by atoms with van der Waals surface area (Å²) in [5.74, 6) is 0.997. The zero-order valence-corrected chi connectivity index (χ0v) is 12.7. The molecule has 20 heavy (non-hydrogen) atoms. The largest absolute Gasteiger partial charge is 0.352 e. The van der Waals surface area contributed by atoms with Crippen LogP contribution < -0.4 is 10.2 Å². The Kier molecular flexibility index (Phi) is 5.31. The lowest BCUT2D eigenvalue weighted by Gasteiger charge is -2.36. The summed E-state index contributed by atoms with van der Waals surface area (Å²) in [7, 11) is 1.82. The molecular weight excluding hydrogens is 255 g/mol. The smallest absolute Gasteiger partial charge is 0.170 e. The highest BCUT2D eigenvalue weighted by atomic mass is 19.1. The number of nitrogens with one attached hydrogen (secondary N) is 1. The molecule has 5 heteroatoms. The van der Waals surface area contributed by atoms with Crippen LogP contribution in [0.2, 0.25) is 0 Å². The molecule has 0 saturated carbocycles. The molecular formula is C15H25FN4. The maximum absolute atomic E-state index is 14.4. The minimum absolute atomic E-state index is 0.181. The summed E-state index contributed by atoms with van der Waals surface area (Å²) in [6.45, 7) is 9.77. The third-order valence-corrected chi connectivity index (χ3v) is 3.61. The van der Waals surface area contributed by atoms with Gasteiger partial charge in [0, 0.05) is 51.0 Å². The van der Waals surface area contributed by atoms with Crippen molar-refractivity contribution in [1.82, 2.24) is 15.2 Å². The van der Waals surface area contributed by atoms with Crippen molar-refractivity contribution in [3.05, 3.63) is 23.6 Å². The highest BCUT2D eigenvalue weighted by Crippen LogP contribution is 2.21. The number of rotatable bonds is 5. The van der Waals surface area contributed by atoms with Gasteiger partial charge >= 0.3 is 0 Å². The van der Waals surface area contributed by atoms with Crippen LogP contribution in [0.4, 0.5) is 10.2 Å². The van der Waals surface area contributed by atoms with Crippen molar-refractivity contribution in [3.63, 3.8) is 0 Å². The first-order valence-corrected chi connectivity index (χ1v) is 7.37. The summed E-state index contributed by atoms with van der Waals surface area (Å²) in [4.78, 5) is 8.74. The van der Waals surface area contributed by atoms with E-state index in [4.69, 9.17) is 0 Å². The van der Waals surface area contributed by atoms with Crippen molar-refractivity contribution in [2.75, 3.05) is 44.7 Å². The fraction of sp³-hybridized carbons (Fsp3) is 0.667. The standard InChI is InChI=1S/C15H25FN4/c1-12(2)11-19-6-8-20(9-7-19)15-14(16)13(10-17-3)4-5-18-15/h4-5,12,17H,6-11H2,1-3H3. The molecule has 1 fully saturated rings. The molecule has 0 unspecified atom stereocenters. The number of nitrogens with zero attached hydrogens (tertiary/aromatic N) is 3. The Labute approximate surface area is 121 Å². The van der Waals surface area contributed by atoms with E-state index in [0.29, 0.717) is 23.8 Å². The van der Waals surface area contributed by atoms with Gasteiger partial charge in [-0.3, -0.25) is 4.90 Å². The Balaban J connectivity index is 2.01. The van der Waals surface area contributed by atoms with E-state index in [1.54, 1.807) is 12.3 Å². The highest BCUT2D eigenvalue weighted by Gasteiger charge is 2.21. The molecule has 0 aliphatic carbocycles. The highest BCUT2D eigenvalue weighted by molar-refractivity contribution is 5.43. The van der Waals surface area contributed by atoms with Gasteiger partial charge in [0.1, 0.15) is 0 Å². The van der Waals surface area contributed by atoms with Gasteiger partial charge in [-0.15, -0.1) is 0 Å². The first kappa shape index (κ1) is 15.2. The third kappa shape index (κ3) is 3.67. The van der Waals surface area contributed by atoms with E-state index in [2.05, 4.69) is 33.9 Å². The van der Waals surface area contributed by atoms with Gasteiger partial charge in [0.2, 0.25) is 0 Å². The minimum Gasteiger partial charge on any atom is -0.352 e. The summed E-state index contributed by atoms with van der Waals surface area (Å²) < 4.78 is 14.4. The van der Waals surface area contributed by atoms with Gasteiger partial charge in [0.05, 0.1) is 0 Å². The van der Waals surface area contributed by atoms with E-state index in [1.165, 1.54) is 0 Å². The Bertz CT molecular complexity index is 428. The molecule has 2 rings (SSSR count). The van der Waals surface area contributed by atoms with Crippen LogP contribution in [0.5, 0.6) is 0 Å². The zero-order chi connectivity index (χ0) is 14.5. The van der Waals surface area contributed by atoms with Crippen LogP contribution in [0.3, 0.4) is 0 Å². The number of piperazine rings is 1. The van der Waals surface area contributed by atoms with Crippen LogP contribution in [0.1, 0.15) is 19.4 Å². The first-order chi connectivity index (χ1) is 9.61. The van der Waals surface area contributed by atoms with Crippen molar-refractivity contribution >= 4 is 5.82 Å². The fourth-order valence-corrected chi connectivity index (χ4v) is 2.68. The van der Waals surface area contributed by atoms with E-state index in [9.17, 15) is 4.39 Å². The second kappa shape index (κ2) is 6.99. The number of pyridine rings is 1. The van der Waals surface area contributed by atoms with Crippen molar-refractivity contribution < 1.29 is 4.39 Å². The summed E-state index contributed by atoms with van der Waals surface area (Å²) in [5.41, 5.74) is 0.683. The van der Waals surface area contributed by atoms with Crippen LogP contribution in [-0.4, -0.2) is 49.7 Å². The Morgan fingerprint density at radius 3 is 2.60 bits per heavy atom. The van der Waals surface area contributed by atoms with Crippen LogP contribution in [-0.2, 0) is 6.54 Å². The monoisotopic (exact) mass is 280 g/mol. The molecule has 1 aliphatic rings. The van der Waals surface area contributed by atoms with E-state index in [1.807, 2.05) is 7.05 Å². The predicted molar refractivity (Wildman–Crippen MR) is 80.4 cm³/mol. The maximum Gasteiger partial charge on any atom is 0.170 e. The van der Waals surface area contributed by atoms with Crippen molar-refractivity contribution in [2.45, 2.75) is 20.4 Å². The normalized spacial score (nSPS) is 16.9. The van der Waals surface area contributed by atoms with Crippen LogP contribution in [0.25, 0.3) is 0 Å². The van der Waals surface area contributed by atoms with Gasteiger partial charge < -0.3 is 10.2 Å². The van der Waals surface area contributed by atoms with Crippen molar-refractivity contribution in [2.24, 2.45) is 5.92 Å². The zero-order valence-electron chi connectivity index (χ0n) is 12.7. The van der Waals surface area contributed by atoms with Gasteiger partial charge in [-0.1, -0.05) is 13.8 Å². The van der Waals surface area contributed by atoms with Gasteiger partial charge in [-0.2, -0.15) is 0 Å². The lowest BCUT2D eigenvalue weighted by molar-refractivity contribution is 0.230. The number of hydrogen-bond acceptors (Lipinski definition) is 4. The molecule has 1 aliphatic heterocycles. The average Bonchev–Trinajstić information content (AvgIpc) is 2.42. The van der Waals surface area contributed by atoms with E-state index in [-0.39, 0.29) is 5.82 Å². The lowest BCUT2D eigenvalue weighted by Crippen LogP contribution is -2.48. The molecule has 0 spiro atoms. The topological polar surface area (TPSA) is 31.4 Å². The summed E-state index contributed by atoms with van der Waals surface area (Å²) in [5, 5.41) is 2.99. The Morgan fingerprint density at radius 2 is 2.00 bits per heavy atom. The van der Waals surface area contributed by atoms with E-state index >= 15 is 0 Å². The molecule has 0 atom stereocenters. The Hall–Kier alpha value is -1.20. The second-order valence-corrected chi connectivity index (χ2v) is 5.82. The molecule has 0 amide bonds. The molecule has 4 nitrogen and oxygen atoms in total.